The summed E-state index contributed by atoms with van der Waals surface area (Å²) in [5.74, 6) is 0.273. The van der Waals surface area contributed by atoms with Crippen LogP contribution < -0.4 is 5.32 Å². The minimum atomic E-state index is -3.66. The predicted molar refractivity (Wildman–Crippen MR) is 109 cm³/mol. The molecule has 6 nitrogen and oxygen atoms in total. The molecule has 0 bridgehead atoms. The van der Waals surface area contributed by atoms with Gasteiger partial charge in [-0.15, -0.1) is 0 Å². The Hall–Kier alpha value is -2.64. The minimum absolute atomic E-state index is 0.0905. The number of amides is 1. The first-order valence-electron chi connectivity index (χ1n) is 9.07. The molecule has 1 atom stereocenters. The number of sulfonamides is 1. The second kappa shape index (κ2) is 7.77. The highest BCUT2D eigenvalue weighted by Gasteiger charge is 2.24. The number of rotatable bonds is 6. The summed E-state index contributed by atoms with van der Waals surface area (Å²) in [6.45, 7) is 5.41. The van der Waals surface area contributed by atoms with E-state index in [1.54, 1.807) is 26.0 Å². The van der Waals surface area contributed by atoms with E-state index in [2.05, 4.69) is 5.32 Å². The zero-order valence-electron chi connectivity index (χ0n) is 16.3. The minimum Gasteiger partial charge on any atom is -0.459 e. The van der Waals surface area contributed by atoms with Crippen molar-refractivity contribution in [1.29, 1.82) is 0 Å². The molecule has 0 aliphatic carbocycles. The molecular weight excluding hydrogens is 376 g/mol. The average molecular weight is 401 g/mol. The van der Waals surface area contributed by atoms with E-state index < -0.39 is 10.0 Å². The van der Waals surface area contributed by atoms with Gasteiger partial charge in [0, 0.05) is 24.0 Å². The summed E-state index contributed by atoms with van der Waals surface area (Å²) in [6, 6.07) is 15.0. The van der Waals surface area contributed by atoms with Crippen LogP contribution in [0.5, 0.6) is 0 Å². The van der Waals surface area contributed by atoms with Gasteiger partial charge in [-0.05, 0) is 51.1 Å². The number of hydrogen-bond acceptors (Lipinski definition) is 4. The smallest absolute Gasteiger partial charge is 0.251 e. The molecule has 1 N–H and O–H groups in total. The first-order chi connectivity index (χ1) is 13.2. The Morgan fingerprint density at radius 3 is 2.43 bits per heavy atom. The summed E-state index contributed by atoms with van der Waals surface area (Å²) in [7, 11) is -2.13. The van der Waals surface area contributed by atoms with E-state index in [9.17, 15) is 13.2 Å². The van der Waals surface area contributed by atoms with Crippen LogP contribution in [0.2, 0.25) is 0 Å². The number of carbonyl (C=O) groups is 1. The number of hydrogen-bond donors (Lipinski definition) is 1. The fourth-order valence-electron chi connectivity index (χ4n) is 2.81. The topological polar surface area (TPSA) is 79.6 Å². The number of para-hydroxylation sites is 1. The molecule has 1 aromatic heterocycles. The maximum Gasteiger partial charge on any atom is 0.251 e. The van der Waals surface area contributed by atoms with Crippen molar-refractivity contribution < 1.29 is 17.6 Å². The zero-order valence-corrected chi connectivity index (χ0v) is 17.2. The SMILES string of the molecule is CC(C)N(C)S(=O)(=O)c1cccc(C(=O)N[C@@H](C)c2cc3ccccc3o2)c1. The molecule has 7 heteroatoms. The van der Waals surface area contributed by atoms with Gasteiger partial charge in [-0.25, -0.2) is 8.42 Å². The van der Waals surface area contributed by atoms with Gasteiger partial charge < -0.3 is 9.73 Å². The maximum atomic E-state index is 12.7. The van der Waals surface area contributed by atoms with Gasteiger partial charge in [0.1, 0.15) is 11.3 Å². The fraction of sp³-hybridized carbons (Fsp3) is 0.286. The second-order valence-electron chi connectivity index (χ2n) is 7.02. The lowest BCUT2D eigenvalue weighted by atomic mass is 10.1. The first kappa shape index (κ1) is 20.1. The highest BCUT2D eigenvalue weighted by Crippen LogP contribution is 2.24. The van der Waals surface area contributed by atoms with Crippen LogP contribution in [-0.4, -0.2) is 31.7 Å². The van der Waals surface area contributed by atoms with E-state index in [4.69, 9.17) is 4.42 Å². The molecule has 3 rings (SSSR count). The number of benzene rings is 2. The van der Waals surface area contributed by atoms with E-state index in [1.165, 1.54) is 23.5 Å². The lowest BCUT2D eigenvalue weighted by Gasteiger charge is -2.21. The van der Waals surface area contributed by atoms with E-state index in [1.807, 2.05) is 37.3 Å². The molecule has 0 aliphatic heterocycles. The summed E-state index contributed by atoms with van der Waals surface area (Å²) in [4.78, 5) is 12.8. The van der Waals surface area contributed by atoms with E-state index in [0.29, 0.717) is 5.76 Å². The molecule has 1 amide bonds. The van der Waals surface area contributed by atoms with Crippen molar-refractivity contribution in [3.05, 3.63) is 65.9 Å². The van der Waals surface area contributed by atoms with Crippen molar-refractivity contribution in [2.45, 2.75) is 37.8 Å². The second-order valence-corrected chi connectivity index (χ2v) is 9.02. The van der Waals surface area contributed by atoms with Gasteiger partial charge in [0.25, 0.3) is 5.91 Å². The van der Waals surface area contributed by atoms with Crippen molar-refractivity contribution in [2.24, 2.45) is 0 Å². The Labute approximate surface area is 165 Å². The van der Waals surface area contributed by atoms with E-state index >= 15 is 0 Å². The van der Waals surface area contributed by atoms with Crippen molar-refractivity contribution in [1.82, 2.24) is 9.62 Å². The number of nitrogens with zero attached hydrogens (tertiary/aromatic N) is 1. The molecule has 28 heavy (non-hydrogen) atoms. The van der Waals surface area contributed by atoms with Gasteiger partial charge in [0.05, 0.1) is 10.9 Å². The molecule has 148 valence electrons. The molecule has 0 saturated carbocycles. The largest absolute Gasteiger partial charge is 0.459 e. The van der Waals surface area contributed by atoms with Crippen LogP contribution in [-0.2, 0) is 10.0 Å². The molecule has 0 radical (unpaired) electrons. The van der Waals surface area contributed by atoms with Gasteiger partial charge in [-0.3, -0.25) is 4.79 Å². The lowest BCUT2D eigenvalue weighted by Crippen LogP contribution is -2.33. The van der Waals surface area contributed by atoms with Crippen molar-refractivity contribution in [3.63, 3.8) is 0 Å². The Balaban J connectivity index is 1.81. The summed E-state index contributed by atoms with van der Waals surface area (Å²) < 4.78 is 32.4. The predicted octanol–water partition coefficient (Wildman–Crippen LogP) is 3.95. The van der Waals surface area contributed by atoms with E-state index in [0.717, 1.165) is 11.0 Å². The summed E-state index contributed by atoms with van der Waals surface area (Å²) in [6.07, 6.45) is 0. The van der Waals surface area contributed by atoms with Gasteiger partial charge >= 0.3 is 0 Å². The summed E-state index contributed by atoms with van der Waals surface area (Å²) >= 11 is 0. The molecule has 0 aliphatic rings. The van der Waals surface area contributed by atoms with Crippen molar-refractivity contribution in [3.8, 4) is 0 Å². The van der Waals surface area contributed by atoms with E-state index in [-0.39, 0.29) is 28.4 Å². The van der Waals surface area contributed by atoms with Gasteiger partial charge in [-0.2, -0.15) is 4.31 Å². The third kappa shape index (κ3) is 3.95. The maximum absolute atomic E-state index is 12.7. The molecular formula is C21H24N2O4S. The molecule has 0 unspecified atom stereocenters. The number of nitrogens with one attached hydrogen (secondary N) is 1. The van der Waals surface area contributed by atoms with Gasteiger partial charge in [0.2, 0.25) is 10.0 Å². The van der Waals surface area contributed by atoms with Crippen molar-refractivity contribution in [2.75, 3.05) is 7.05 Å². The fourth-order valence-corrected chi connectivity index (χ4v) is 4.22. The summed E-state index contributed by atoms with van der Waals surface area (Å²) in [5.41, 5.74) is 1.03. The molecule has 1 heterocycles. The molecule has 3 aromatic rings. The number of fused-ring (bicyclic) bond motifs is 1. The Bertz CT molecular complexity index is 1070. The van der Waals surface area contributed by atoms with Gasteiger partial charge in [0.15, 0.2) is 0 Å². The van der Waals surface area contributed by atoms with Crippen LogP contribution in [0.1, 0.15) is 42.9 Å². The number of carbonyl (C=O) groups excluding carboxylic acids is 1. The third-order valence-corrected chi connectivity index (χ3v) is 6.75. The standard InChI is InChI=1S/C21H24N2O4S/c1-14(2)23(4)28(25,26)18-10-7-9-17(12-18)21(24)22-15(3)20-13-16-8-5-6-11-19(16)27-20/h5-15H,1-4H3,(H,22,24)/t15-/m0/s1. The Morgan fingerprint density at radius 1 is 1.04 bits per heavy atom. The van der Waals surface area contributed by atoms with Gasteiger partial charge in [-0.1, -0.05) is 24.3 Å². The Kier molecular flexibility index (Phi) is 5.58. The van der Waals surface area contributed by atoms with Crippen molar-refractivity contribution >= 4 is 26.9 Å². The first-order valence-corrected chi connectivity index (χ1v) is 10.5. The van der Waals surface area contributed by atoms with Crippen LogP contribution >= 0.6 is 0 Å². The molecule has 0 fully saturated rings. The van der Waals surface area contributed by atoms with Crippen LogP contribution in [0.3, 0.4) is 0 Å². The molecule has 2 aromatic carbocycles. The summed E-state index contributed by atoms with van der Waals surface area (Å²) in [5, 5.41) is 3.82. The number of furan rings is 1. The third-order valence-electron chi connectivity index (χ3n) is 4.72. The average Bonchev–Trinajstić information content (AvgIpc) is 3.11. The Morgan fingerprint density at radius 2 is 1.75 bits per heavy atom. The molecule has 0 spiro atoms. The lowest BCUT2D eigenvalue weighted by molar-refractivity contribution is 0.0935. The highest BCUT2D eigenvalue weighted by molar-refractivity contribution is 7.89. The van der Waals surface area contributed by atoms with Crippen LogP contribution in [0.4, 0.5) is 0 Å². The zero-order chi connectivity index (χ0) is 20.5. The van der Waals surface area contributed by atoms with Crippen LogP contribution in [0.25, 0.3) is 11.0 Å². The highest BCUT2D eigenvalue weighted by atomic mass is 32.2. The quantitative estimate of drug-likeness (QED) is 0.679. The normalized spacial score (nSPS) is 13.2. The van der Waals surface area contributed by atoms with Crippen LogP contribution in [0.15, 0.2) is 63.9 Å². The monoisotopic (exact) mass is 400 g/mol. The molecule has 0 saturated heterocycles. The van der Waals surface area contributed by atoms with Crippen LogP contribution in [0, 0.1) is 0 Å².